The van der Waals surface area contributed by atoms with E-state index in [1.165, 1.54) is 19.3 Å². The molecule has 10 heavy (non-hydrogen) atoms. The van der Waals surface area contributed by atoms with E-state index in [4.69, 9.17) is 5.84 Å². The highest BCUT2D eigenvalue weighted by atomic mass is 15.4. The third kappa shape index (κ3) is 4.77. The maximum Gasteiger partial charge on any atom is 0.0184 e. The summed E-state index contributed by atoms with van der Waals surface area (Å²) in [7, 11) is 0. The molecule has 0 aromatic heterocycles. The smallest absolute Gasteiger partial charge is 0.0184 e. The standard InChI is InChI=1S/C8H20N2/c1-4-5-6-7-10(9)8(2)3/h8H,4-7,9H2,1-3H3. The first kappa shape index (κ1) is 9.92. The summed E-state index contributed by atoms with van der Waals surface area (Å²) in [5.74, 6) is 5.69. The van der Waals surface area contributed by atoms with E-state index in [9.17, 15) is 0 Å². The molecule has 0 heterocycles. The van der Waals surface area contributed by atoms with Crippen LogP contribution in [0.3, 0.4) is 0 Å². The van der Waals surface area contributed by atoms with Gasteiger partial charge in [0.05, 0.1) is 0 Å². The third-order valence-electron chi connectivity index (χ3n) is 1.68. The molecule has 0 saturated heterocycles. The Bertz CT molecular complexity index is 71.7. The summed E-state index contributed by atoms with van der Waals surface area (Å²) >= 11 is 0. The van der Waals surface area contributed by atoms with Crippen molar-refractivity contribution in [3.8, 4) is 0 Å². The Morgan fingerprint density at radius 1 is 1.30 bits per heavy atom. The molecule has 0 saturated carbocycles. The minimum Gasteiger partial charge on any atom is -0.269 e. The van der Waals surface area contributed by atoms with Crippen LogP contribution < -0.4 is 5.84 Å². The molecule has 0 amide bonds. The second kappa shape index (κ2) is 5.69. The van der Waals surface area contributed by atoms with Crippen molar-refractivity contribution >= 4 is 0 Å². The number of hydrogen-bond acceptors (Lipinski definition) is 2. The van der Waals surface area contributed by atoms with E-state index in [0.29, 0.717) is 6.04 Å². The Morgan fingerprint density at radius 3 is 2.30 bits per heavy atom. The largest absolute Gasteiger partial charge is 0.269 e. The molecule has 0 atom stereocenters. The van der Waals surface area contributed by atoms with Crippen molar-refractivity contribution in [2.24, 2.45) is 5.84 Å². The highest BCUT2D eigenvalue weighted by Gasteiger charge is 2.00. The van der Waals surface area contributed by atoms with Crippen molar-refractivity contribution in [1.29, 1.82) is 0 Å². The number of unbranched alkanes of at least 4 members (excludes halogenated alkanes) is 2. The third-order valence-corrected chi connectivity index (χ3v) is 1.68. The highest BCUT2D eigenvalue weighted by Crippen LogP contribution is 1.97. The summed E-state index contributed by atoms with van der Waals surface area (Å²) in [6.45, 7) is 7.47. The van der Waals surface area contributed by atoms with Gasteiger partial charge in [-0.25, -0.2) is 5.01 Å². The molecule has 0 bridgehead atoms. The molecular weight excluding hydrogens is 124 g/mol. The predicted octanol–water partition coefficient (Wildman–Crippen LogP) is 1.76. The summed E-state index contributed by atoms with van der Waals surface area (Å²) < 4.78 is 0. The molecule has 0 unspecified atom stereocenters. The van der Waals surface area contributed by atoms with Gasteiger partial charge >= 0.3 is 0 Å². The fourth-order valence-electron chi connectivity index (χ4n) is 0.803. The lowest BCUT2D eigenvalue weighted by Crippen LogP contribution is -2.38. The monoisotopic (exact) mass is 144 g/mol. The molecule has 0 aliphatic heterocycles. The quantitative estimate of drug-likeness (QED) is 0.362. The maximum atomic E-state index is 5.69. The van der Waals surface area contributed by atoms with Crippen molar-refractivity contribution in [3.63, 3.8) is 0 Å². The lowest BCUT2D eigenvalue weighted by molar-refractivity contribution is 0.223. The fraction of sp³-hybridized carbons (Fsp3) is 1.00. The molecule has 62 valence electrons. The summed E-state index contributed by atoms with van der Waals surface area (Å²) in [6.07, 6.45) is 3.79. The van der Waals surface area contributed by atoms with Crippen LogP contribution in [-0.2, 0) is 0 Å². The Balaban J connectivity index is 3.13. The zero-order valence-electron chi connectivity index (χ0n) is 7.43. The molecule has 0 aromatic rings. The summed E-state index contributed by atoms with van der Waals surface area (Å²) in [4.78, 5) is 0. The molecular formula is C8H20N2. The zero-order chi connectivity index (χ0) is 7.98. The molecule has 2 heteroatoms. The topological polar surface area (TPSA) is 29.3 Å². The number of nitrogens with two attached hydrogens (primary N) is 1. The maximum absolute atomic E-state index is 5.69. The number of rotatable bonds is 5. The van der Waals surface area contributed by atoms with E-state index >= 15 is 0 Å². The molecule has 0 aromatic carbocycles. The van der Waals surface area contributed by atoms with Gasteiger partial charge in [0.25, 0.3) is 0 Å². The van der Waals surface area contributed by atoms with Crippen LogP contribution in [0.25, 0.3) is 0 Å². The van der Waals surface area contributed by atoms with Crippen LogP contribution in [0.5, 0.6) is 0 Å². The molecule has 0 aliphatic rings. The van der Waals surface area contributed by atoms with Crippen LogP contribution in [0, 0.1) is 0 Å². The predicted molar refractivity (Wildman–Crippen MR) is 45.6 cm³/mol. The van der Waals surface area contributed by atoms with Crippen LogP contribution in [0.1, 0.15) is 40.0 Å². The first-order valence-corrected chi connectivity index (χ1v) is 4.19. The second-order valence-electron chi connectivity index (χ2n) is 3.04. The van der Waals surface area contributed by atoms with Gasteiger partial charge in [0.2, 0.25) is 0 Å². The van der Waals surface area contributed by atoms with E-state index in [0.717, 1.165) is 6.54 Å². The van der Waals surface area contributed by atoms with Crippen LogP contribution in [0.15, 0.2) is 0 Å². The lowest BCUT2D eigenvalue weighted by Gasteiger charge is -2.19. The van der Waals surface area contributed by atoms with Gasteiger partial charge < -0.3 is 0 Å². The Labute approximate surface area is 64.4 Å². The minimum absolute atomic E-state index is 0.483. The van der Waals surface area contributed by atoms with Crippen molar-refractivity contribution in [1.82, 2.24) is 5.01 Å². The van der Waals surface area contributed by atoms with E-state index in [-0.39, 0.29) is 0 Å². The van der Waals surface area contributed by atoms with Crippen molar-refractivity contribution < 1.29 is 0 Å². The lowest BCUT2D eigenvalue weighted by atomic mass is 10.2. The van der Waals surface area contributed by atoms with Crippen LogP contribution >= 0.6 is 0 Å². The molecule has 0 rings (SSSR count). The first-order chi connectivity index (χ1) is 4.68. The van der Waals surface area contributed by atoms with Crippen molar-refractivity contribution in [2.45, 2.75) is 46.1 Å². The average molecular weight is 144 g/mol. The van der Waals surface area contributed by atoms with Crippen LogP contribution in [0.4, 0.5) is 0 Å². The molecule has 0 fully saturated rings. The molecule has 2 nitrogen and oxygen atoms in total. The van der Waals surface area contributed by atoms with Crippen LogP contribution in [0.2, 0.25) is 0 Å². The average Bonchev–Trinajstić information content (AvgIpc) is 1.88. The van der Waals surface area contributed by atoms with Crippen molar-refractivity contribution in [2.75, 3.05) is 6.54 Å². The molecule has 0 spiro atoms. The minimum atomic E-state index is 0.483. The van der Waals surface area contributed by atoms with Gasteiger partial charge in [-0.15, -0.1) is 0 Å². The molecule has 0 radical (unpaired) electrons. The Kier molecular flexibility index (Phi) is 5.64. The van der Waals surface area contributed by atoms with Gasteiger partial charge in [0, 0.05) is 12.6 Å². The second-order valence-corrected chi connectivity index (χ2v) is 3.04. The van der Waals surface area contributed by atoms with Gasteiger partial charge in [-0.3, -0.25) is 5.84 Å². The zero-order valence-corrected chi connectivity index (χ0v) is 7.43. The Hall–Kier alpha value is -0.0800. The summed E-state index contributed by atoms with van der Waals surface area (Å²) in [5, 5.41) is 1.90. The van der Waals surface area contributed by atoms with Crippen molar-refractivity contribution in [3.05, 3.63) is 0 Å². The molecule has 2 N–H and O–H groups in total. The number of hydrazine groups is 1. The van der Waals surface area contributed by atoms with E-state index < -0.39 is 0 Å². The van der Waals surface area contributed by atoms with Gasteiger partial charge in [-0.2, -0.15) is 0 Å². The SMILES string of the molecule is CCCCCN(N)C(C)C. The Morgan fingerprint density at radius 2 is 1.90 bits per heavy atom. The number of hydrogen-bond donors (Lipinski definition) is 1. The van der Waals surface area contributed by atoms with Gasteiger partial charge in [0.1, 0.15) is 0 Å². The van der Waals surface area contributed by atoms with Gasteiger partial charge in [-0.05, 0) is 20.3 Å². The number of nitrogens with zero attached hydrogens (tertiary/aromatic N) is 1. The summed E-state index contributed by atoms with van der Waals surface area (Å²) in [5.41, 5.74) is 0. The summed E-state index contributed by atoms with van der Waals surface area (Å²) in [6, 6.07) is 0.483. The van der Waals surface area contributed by atoms with Gasteiger partial charge in [0.15, 0.2) is 0 Å². The van der Waals surface area contributed by atoms with Crippen LogP contribution in [-0.4, -0.2) is 17.6 Å². The fourth-order valence-corrected chi connectivity index (χ4v) is 0.803. The van der Waals surface area contributed by atoms with E-state index in [1.807, 2.05) is 5.01 Å². The van der Waals surface area contributed by atoms with E-state index in [1.54, 1.807) is 0 Å². The van der Waals surface area contributed by atoms with E-state index in [2.05, 4.69) is 20.8 Å². The molecule has 0 aliphatic carbocycles. The first-order valence-electron chi connectivity index (χ1n) is 4.19. The normalized spacial score (nSPS) is 11.4. The highest BCUT2D eigenvalue weighted by molar-refractivity contribution is 4.53. The van der Waals surface area contributed by atoms with Gasteiger partial charge in [-0.1, -0.05) is 19.8 Å².